The molecule has 2 aromatic heterocycles. The summed E-state index contributed by atoms with van der Waals surface area (Å²) < 4.78 is 1.75. The summed E-state index contributed by atoms with van der Waals surface area (Å²) in [6.45, 7) is 4.09. The topological polar surface area (TPSA) is 57.5 Å². The maximum Gasteiger partial charge on any atom is 0.241 e. The van der Waals surface area contributed by atoms with Gasteiger partial charge in [-0.2, -0.15) is 5.10 Å². The lowest BCUT2D eigenvalue weighted by molar-refractivity contribution is -0.123. The van der Waals surface area contributed by atoms with Crippen LogP contribution >= 0.6 is 11.3 Å². The first-order valence-electron chi connectivity index (χ1n) is 8.17. The van der Waals surface area contributed by atoms with Gasteiger partial charge in [0, 0.05) is 44.5 Å². The molecular formula is C16H22N6OS. The predicted octanol–water partition coefficient (Wildman–Crippen LogP) is 0.800. The quantitative estimate of drug-likeness (QED) is 0.823. The molecule has 0 N–H and O–H groups in total. The molecule has 0 radical (unpaired) electrons. The van der Waals surface area contributed by atoms with Gasteiger partial charge in [0.1, 0.15) is 5.01 Å². The number of aryl methyl sites for hydroxylation is 1. The van der Waals surface area contributed by atoms with E-state index in [2.05, 4.69) is 26.9 Å². The molecule has 0 aliphatic carbocycles. The Hall–Kier alpha value is -1.77. The van der Waals surface area contributed by atoms with Crippen LogP contribution in [0, 0.1) is 0 Å². The van der Waals surface area contributed by atoms with Crippen molar-refractivity contribution in [3.63, 3.8) is 0 Å². The number of nitrogens with zero attached hydrogens (tertiary/aromatic N) is 6. The zero-order valence-corrected chi connectivity index (χ0v) is 14.9. The summed E-state index contributed by atoms with van der Waals surface area (Å²) in [4.78, 5) is 23.5. The third-order valence-electron chi connectivity index (χ3n) is 5.19. The molecule has 1 atom stereocenters. The first kappa shape index (κ1) is 15.7. The van der Waals surface area contributed by atoms with E-state index in [9.17, 15) is 4.79 Å². The van der Waals surface area contributed by atoms with Crippen molar-refractivity contribution in [3.8, 4) is 0 Å². The lowest BCUT2D eigenvalue weighted by Gasteiger charge is -2.46. The van der Waals surface area contributed by atoms with Crippen LogP contribution in [0.3, 0.4) is 0 Å². The Bertz CT molecular complexity index is 729. The highest BCUT2D eigenvalue weighted by Crippen LogP contribution is 2.33. The number of likely N-dealkylation sites (N-methyl/N-ethyl adjacent to an activating group) is 1. The van der Waals surface area contributed by atoms with Crippen LogP contribution < -0.4 is 4.90 Å². The Morgan fingerprint density at radius 1 is 1.33 bits per heavy atom. The number of carbonyl (C=O) groups is 1. The molecule has 24 heavy (non-hydrogen) atoms. The number of aromatic nitrogens is 3. The molecule has 2 aliphatic heterocycles. The first-order valence-corrected chi connectivity index (χ1v) is 9.05. The fraction of sp³-hybridized carbons (Fsp3) is 0.562. The third kappa shape index (κ3) is 2.74. The van der Waals surface area contributed by atoms with Crippen molar-refractivity contribution in [2.24, 2.45) is 7.05 Å². The van der Waals surface area contributed by atoms with Crippen molar-refractivity contribution in [2.45, 2.75) is 18.5 Å². The fourth-order valence-electron chi connectivity index (χ4n) is 3.78. The molecule has 2 aliphatic rings. The summed E-state index contributed by atoms with van der Waals surface area (Å²) in [5.74, 6) is 0.148. The van der Waals surface area contributed by atoms with E-state index in [1.807, 2.05) is 29.7 Å². The molecule has 8 heteroatoms. The molecule has 4 rings (SSSR count). The minimum atomic E-state index is 0.0149. The number of hydrogen-bond acceptors (Lipinski definition) is 6. The number of amides is 1. The van der Waals surface area contributed by atoms with Gasteiger partial charge in [-0.15, -0.1) is 11.3 Å². The smallest absolute Gasteiger partial charge is 0.241 e. The van der Waals surface area contributed by atoms with E-state index in [0.717, 1.165) is 43.3 Å². The number of thiazole rings is 1. The standard InChI is InChI=1S/C16H22N6OS/c1-19-10-15(23)22(13-7-18-20(2)8-13)12-16(19)3-5-21(11-16)9-14-17-4-6-24-14/h4,6-8H,3,5,9-12H2,1-2H3/t16-/m1/s1. The average molecular weight is 346 g/mol. The van der Waals surface area contributed by atoms with Crippen LogP contribution in [-0.4, -0.2) is 69.2 Å². The van der Waals surface area contributed by atoms with Gasteiger partial charge in [-0.25, -0.2) is 4.98 Å². The zero-order chi connectivity index (χ0) is 16.7. The van der Waals surface area contributed by atoms with Crippen molar-refractivity contribution in [1.29, 1.82) is 0 Å². The van der Waals surface area contributed by atoms with Crippen LogP contribution in [0.2, 0.25) is 0 Å². The molecular weight excluding hydrogens is 324 g/mol. The van der Waals surface area contributed by atoms with Gasteiger partial charge >= 0.3 is 0 Å². The molecule has 128 valence electrons. The summed E-state index contributed by atoms with van der Waals surface area (Å²) in [7, 11) is 3.95. The molecule has 2 saturated heterocycles. The number of carbonyl (C=O) groups excluding carboxylic acids is 1. The first-order chi connectivity index (χ1) is 11.6. The molecule has 0 unspecified atom stereocenters. The highest BCUT2D eigenvalue weighted by molar-refractivity contribution is 7.09. The average Bonchev–Trinajstić information content (AvgIpc) is 3.26. The van der Waals surface area contributed by atoms with Crippen LogP contribution in [0.25, 0.3) is 0 Å². The van der Waals surface area contributed by atoms with Crippen molar-refractivity contribution in [2.75, 3.05) is 38.1 Å². The van der Waals surface area contributed by atoms with Gasteiger partial charge < -0.3 is 4.90 Å². The van der Waals surface area contributed by atoms with Crippen molar-refractivity contribution >= 4 is 22.9 Å². The minimum Gasteiger partial charge on any atom is -0.306 e. The molecule has 2 aromatic rings. The Labute approximate surface area is 145 Å². The van der Waals surface area contributed by atoms with Crippen molar-refractivity contribution < 1.29 is 4.79 Å². The molecule has 7 nitrogen and oxygen atoms in total. The zero-order valence-electron chi connectivity index (χ0n) is 14.1. The fourth-order valence-corrected chi connectivity index (χ4v) is 4.44. The van der Waals surface area contributed by atoms with E-state index < -0.39 is 0 Å². The number of hydrogen-bond donors (Lipinski definition) is 0. The summed E-state index contributed by atoms with van der Waals surface area (Å²) in [5.41, 5.74) is 0.912. The number of piperazine rings is 1. The lowest BCUT2D eigenvalue weighted by Crippen LogP contribution is -2.64. The lowest BCUT2D eigenvalue weighted by atomic mass is 9.93. The number of anilines is 1. The summed E-state index contributed by atoms with van der Waals surface area (Å²) in [6.07, 6.45) is 6.62. The summed E-state index contributed by atoms with van der Waals surface area (Å²) in [5, 5.41) is 7.40. The second kappa shape index (κ2) is 5.94. The molecule has 0 aromatic carbocycles. The molecule has 1 amide bonds. The van der Waals surface area contributed by atoms with Gasteiger partial charge in [-0.3, -0.25) is 19.3 Å². The summed E-state index contributed by atoms with van der Waals surface area (Å²) >= 11 is 1.70. The Balaban J connectivity index is 1.52. The van der Waals surface area contributed by atoms with Gasteiger partial charge in [0.25, 0.3) is 0 Å². The van der Waals surface area contributed by atoms with E-state index in [1.165, 1.54) is 0 Å². The minimum absolute atomic E-state index is 0.0149. The Morgan fingerprint density at radius 3 is 2.92 bits per heavy atom. The Kier molecular flexibility index (Phi) is 3.90. The predicted molar refractivity (Wildman–Crippen MR) is 92.9 cm³/mol. The second-order valence-electron chi connectivity index (χ2n) is 6.82. The largest absolute Gasteiger partial charge is 0.306 e. The third-order valence-corrected chi connectivity index (χ3v) is 5.96. The van der Waals surface area contributed by atoms with Crippen molar-refractivity contribution in [3.05, 3.63) is 29.0 Å². The van der Waals surface area contributed by atoms with Gasteiger partial charge in [0.05, 0.1) is 30.5 Å². The van der Waals surface area contributed by atoms with Crippen LogP contribution in [0.1, 0.15) is 11.4 Å². The highest BCUT2D eigenvalue weighted by Gasteiger charge is 2.47. The highest BCUT2D eigenvalue weighted by atomic mass is 32.1. The van der Waals surface area contributed by atoms with Gasteiger partial charge in [-0.1, -0.05) is 0 Å². The van der Waals surface area contributed by atoms with Gasteiger partial charge in [-0.05, 0) is 13.5 Å². The van der Waals surface area contributed by atoms with E-state index in [4.69, 9.17) is 0 Å². The normalized spacial score (nSPS) is 25.9. The molecule has 1 spiro atoms. The van der Waals surface area contributed by atoms with Crippen molar-refractivity contribution in [1.82, 2.24) is 24.6 Å². The molecule has 0 saturated carbocycles. The Morgan fingerprint density at radius 2 is 2.21 bits per heavy atom. The van der Waals surface area contributed by atoms with Gasteiger partial charge in [0.2, 0.25) is 5.91 Å². The van der Waals surface area contributed by atoms with E-state index in [0.29, 0.717) is 6.54 Å². The number of likely N-dealkylation sites (tertiary alicyclic amines) is 1. The maximum atomic E-state index is 12.5. The SMILES string of the molecule is CN1CC(=O)N(c2cnn(C)c2)C[C@]12CCN(Cc1nccs1)C2. The number of rotatable bonds is 3. The molecule has 0 bridgehead atoms. The summed E-state index contributed by atoms with van der Waals surface area (Å²) in [6, 6.07) is 0. The van der Waals surface area contributed by atoms with Crippen LogP contribution in [-0.2, 0) is 18.4 Å². The van der Waals surface area contributed by atoms with E-state index in [-0.39, 0.29) is 11.4 Å². The monoisotopic (exact) mass is 346 g/mol. The van der Waals surface area contributed by atoms with Gasteiger partial charge in [0.15, 0.2) is 0 Å². The molecule has 4 heterocycles. The molecule has 2 fully saturated rings. The van der Waals surface area contributed by atoms with E-state index >= 15 is 0 Å². The van der Waals surface area contributed by atoms with Crippen LogP contribution in [0.4, 0.5) is 5.69 Å². The maximum absolute atomic E-state index is 12.5. The van der Waals surface area contributed by atoms with Crippen LogP contribution in [0.5, 0.6) is 0 Å². The van der Waals surface area contributed by atoms with E-state index in [1.54, 1.807) is 22.2 Å². The van der Waals surface area contributed by atoms with Crippen LogP contribution in [0.15, 0.2) is 24.0 Å². The second-order valence-corrected chi connectivity index (χ2v) is 7.80.